The van der Waals surface area contributed by atoms with E-state index in [1.807, 2.05) is 6.92 Å². The first-order valence-electron chi connectivity index (χ1n) is 7.93. The van der Waals surface area contributed by atoms with E-state index in [1.165, 1.54) is 17.0 Å². The molecule has 1 aliphatic heterocycles. The number of carbonyl (C=O) groups excluding carboxylic acids is 2. The summed E-state index contributed by atoms with van der Waals surface area (Å²) in [5.74, 6) is -0.462. The lowest BCUT2D eigenvalue weighted by Gasteiger charge is -2.11. The highest BCUT2D eigenvalue weighted by Gasteiger charge is 2.26. The van der Waals surface area contributed by atoms with Gasteiger partial charge in [-0.2, -0.15) is 4.72 Å². The summed E-state index contributed by atoms with van der Waals surface area (Å²) < 4.78 is 32.1. The highest BCUT2D eigenvalue weighted by molar-refractivity contribution is 7.89. The van der Waals surface area contributed by atoms with Crippen LogP contribution in [0, 0.1) is 6.92 Å². The normalized spacial score (nSPS) is 13.6. The second-order valence-electron chi connectivity index (χ2n) is 6.03. The number of anilines is 1. The molecule has 136 valence electrons. The van der Waals surface area contributed by atoms with Crippen molar-refractivity contribution in [2.75, 3.05) is 18.5 Å². The molecule has 0 spiro atoms. The van der Waals surface area contributed by atoms with Crippen molar-refractivity contribution in [2.24, 2.45) is 0 Å². The van der Waals surface area contributed by atoms with Crippen molar-refractivity contribution in [3.63, 3.8) is 0 Å². The van der Waals surface area contributed by atoms with Crippen molar-refractivity contribution < 1.29 is 22.7 Å². The van der Waals surface area contributed by atoms with Crippen molar-refractivity contribution in [1.29, 1.82) is 0 Å². The molecular formula is C18H18N2O5S. The summed E-state index contributed by atoms with van der Waals surface area (Å²) in [7, 11) is -2.25. The van der Waals surface area contributed by atoms with Gasteiger partial charge in [0.15, 0.2) is 0 Å². The van der Waals surface area contributed by atoms with Gasteiger partial charge in [0, 0.05) is 12.7 Å². The summed E-state index contributed by atoms with van der Waals surface area (Å²) in [6.07, 6.45) is 0.157. The topological polar surface area (TPSA) is 92.8 Å². The van der Waals surface area contributed by atoms with Crippen LogP contribution in [0.25, 0.3) is 0 Å². The molecule has 0 atom stereocenters. The first kappa shape index (κ1) is 18.1. The van der Waals surface area contributed by atoms with Gasteiger partial charge < -0.3 is 9.64 Å². The Morgan fingerprint density at radius 3 is 2.58 bits per heavy atom. The number of amides is 1. The number of nitrogens with one attached hydrogen (secondary N) is 1. The fourth-order valence-corrected chi connectivity index (χ4v) is 3.64. The molecule has 0 bridgehead atoms. The molecule has 1 aliphatic rings. The Hall–Kier alpha value is -2.71. The van der Waals surface area contributed by atoms with Crippen molar-refractivity contribution in [1.82, 2.24) is 4.72 Å². The second kappa shape index (κ2) is 6.89. The zero-order valence-electron chi connectivity index (χ0n) is 14.4. The van der Waals surface area contributed by atoms with Gasteiger partial charge in [-0.25, -0.2) is 8.42 Å². The largest absolute Gasteiger partial charge is 0.426 e. The van der Waals surface area contributed by atoms with E-state index in [1.54, 1.807) is 37.4 Å². The summed E-state index contributed by atoms with van der Waals surface area (Å²) in [5, 5.41) is 0. The lowest BCUT2D eigenvalue weighted by atomic mass is 10.2. The molecule has 2 aromatic carbocycles. The van der Waals surface area contributed by atoms with Crippen LogP contribution < -0.4 is 14.4 Å². The van der Waals surface area contributed by atoms with Crippen LogP contribution in [0.1, 0.15) is 11.1 Å². The van der Waals surface area contributed by atoms with E-state index in [-0.39, 0.29) is 17.2 Å². The molecule has 0 fully saturated rings. The number of esters is 1. The van der Waals surface area contributed by atoms with Crippen LogP contribution in [-0.4, -0.2) is 33.9 Å². The van der Waals surface area contributed by atoms with Gasteiger partial charge in [0.2, 0.25) is 15.9 Å². The SMILES string of the molecule is Cc1ccc(OC(=O)CNS(=O)(=O)c2ccc3c(c2)CC(=O)N3C)cc1. The molecule has 1 N–H and O–H groups in total. The highest BCUT2D eigenvalue weighted by atomic mass is 32.2. The molecule has 0 aliphatic carbocycles. The van der Waals surface area contributed by atoms with Gasteiger partial charge in [-0.05, 0) is 42.8 Å². The Balaban J connectivity index is 1.66. The molecule has 0 unspecified atom stereocenters. The van der Waals surface area contributed by atoms with Crippen LogP contribution in [-0.2, 0) is 26.0 Å². The first-order valence-corrected chi connectivity index (χ1v) is 9.41. The number of aryl methyl sites for hydroxylation is 1. The number of likely N-dealkylation sites (N-methyl/N-ethyl adjacent to an activating group) is 1. The third-order valence-corrected chi connectivity index (χ3v) is 5.50. The predicted molar refractivity (Wildman–Crippen MR) is 95.6 cm³/mol. The lowest BCUT2D eigenvalue weighted by molar-refractivity contribution is -0.133. The summed E-state index contributed by atoms with van der Waals surface area (Å²) >= 11 is 0. The Morgan fingerprint density at radius 2 is 1.88 bits per heavy atom. The van der Waals surface area contributed by atoms with E-state index < -0.39 is 22.5 Å². The monoisotopic (exact) mass is 374 g/mol. The third-order valence-electron chi connectivity index (χ3n) is 4.10. The second-order valence-corrected chi connectivity index (χ2v) is 7.80. The van der Waals surface area contributed by atoms with Gasteiger partial charge >= 0.3 is 5.97 Å². The third kappa shape index (κ3) is 3.76. The van der Waals surface area contributed by atoms with Crippen LogP contribution in [0.2, 0.25) is 0 Å². The minimum atomic E-state index is -3.89. The maximum absolute atomic E-state index is 12.4. The van der Waals surface area contributed by atoms with E-state index in [4.69, 9.17) is 4.74 Å². The smallest absolute Gasteiger partial charge is 0.326 e. The van der Waals surface area contributed by atoms with Gasteiger partial charge in [0.25, 0.3) is 0 Å². The number of carbonyl (C=O) groups is 2. The van der Waals surface area contributed by atoms with Crippen molar-refractivity contribution in [3.8, 4) is 5.75 Å². The summed E-state index contributed by atoms with van der Waals surface area (Å²) in [5.41, 5.74) is 2.35. The van der Waals surface area contributed by atoms with Crippen molar-refractivity contribution in [2.45, 2.75) is 18.2 Å². The molecule has 0 aromatic heterocycles. The number of nitrogens with zero attached hydrogens (tertiary/aromatic N) is 1. The Morgan fingerprint density at radius 1 is 1.19 bits per heavy atom. The molecule has 1 heterocycles. The highest BCUT2D eigenvalue weighted by Crippen LogP contribution is 2.29. The molecule has 26 heavy (non-hydrogen) atoms. The maximum Gasteiger partial charge on any atom is 0.326 e. The fourth-order valence-electron chi connectivity index (χ4n) is 2.62. The predicted octanol–water partition coefficient (Wildman–Crippen LogP) is 1.40. The molecule has 8 heteroatoms. The quantitative estimate of drug-likeness (QED) is 0.631. The van der Waals surface area contributed by atoms with Crippen molar-refractivity contribution in [3.05, 3.63) is 53.6 Å². The maximum atomic E-state index is 12.4. The number of hydrogen-bond acceptors (Lipinski definition) is 5. The summed E-state index contributed by atoms with van der Waals surface area (Å²) in [4.78, 5) is 25.0. The number of sulfonamides is 1. The molecular weight excluding hydrogens is 356 g/mol. The number of hydrogen-bond donors (Lipinski definition) is 1. The lowest BCUT2D eigenvalue weighted by Crippen LogP contribution is -2.32. The minimum Gasteiger partial charge on any atom is -0.426 e. The van der Waals surface area contributed by atoms with Gasteiger partial charge in [-0.3, -0.25) is 9.59 Å². The Bertz CT molecular complexity index is 968. The van der Waals surface area contributed by atoms with Gasteiger partial charge in [0.05, 0.1) is 11.3 Å². The molecule has 7 nitrogen and oxygen atoms in total. The van der Waals surface area contributed by atoms with Gasteiger partial charge in [0.1, 0.15) is 12.3 Å². The number of rotatable bonds is 5. The van der Waals surface area contributed by atoms with Crippen LogP contribution in [0.5, 0.6) is 5.75 Å². The average Bonchev–Trinajstić information content (AvgIpc) is 2.89. The summed E-state index contributed by atoms with van der Waals surface area (Å²) in [6.45, 7) is 1.41. The van der Waals surface area contributed by atoms with E-state index in [0.717, 1.165) is 5.56 Å². The standard InChI is InChI=1S/C18H18N2O5S/c1-12-3-5-14(6-4-12)25-18(22)11-19-26(23,24)15-7-8-16-13(9-15)10-17(21)20(16)2/h3-9,19H,10-11H2,1-2H3. The molecule has 0 saturated heterocycles. The van der Waals surface area contributed by atoms with Gasteiger partial charge in [-0.15, -0.1) is 0 Å². The van der Waals surface area contributed by atoms with E-state index in [9.17, 15) is 18.0 Å². The van der Waals surface area contributed by atoms with Crippen LogP contribution in [0.4, 0.5) is 5.69 Å². The zero-order chi connectivity index (χ0) is 18.9. The number of ether oxygens (including phenoxy) is 1. The van der Waals surface area contributed by atoms with Crippen molar-refractivity contribution >= 4 is 27.6 Å². The van der Waals surface area contributed by atoms with E-state index in [0.29, 0.717) is 17.0 Å². The molecule has 0 radical (unpaired) electrons. The Labute approximate surface area is 151 Å². The van der Waals surface area contributed by atoms with Gasteiger partial charge in [-0.1, -0.05) is 17.7 Å². The average molecular weight is 374 g/mol. The van der Waals surface area contributed by atoms with Crippen LogP contribution >= 0.6 is 0 Å². The summed E-state index contributed by atoms with van der Waals surface area (Å²) in [6, 6.07) is 11.3. The fraction of sp³-hybridized carbons (Fsp3) is 0.222. The minimum absolute atomic E-state index is 0.00230. The van der Waals surface area contributed by atoms with Crippen LogP contribution in [0.3, 0.4) is 0 Å². The van der Waals surface area contributed by atoms with Crippen LogP contribution in [0.15, 0.2) is 47.4 Å². The molecule has 3 rings (SSSR count). The Kier molecular flexibility index (Phi) is 4.80. The molecule has 1 amide bonds. The van der Waals surface area contributed by atoms with E-state index >= 15 is 0 Å². The van der Waals surface area contributed by atoms with E-state index in [2.05, 4.69) is 4.72 Å². The molecule has 0 saturated carbocycles. The first-order chi connectivity index (χ1) is 12.3. The molecule has 2 aromatic rings. The number of fused-ring (bicyclic) bond motifs is 1. The number of benzene rings is 2. The zero-order valence-corrected chi connectivity index (χ0v) is 15.2.